The topological polar surface area (TPSA) is 73.7 Å². The number of amides is 1. The zero-order valence-corrected chi connectivity index (χ0v) is 19.9. The number of nitrogens with zero attached hydrogens (tertiary/aromatic N) is 3. The van der Waals surface area contributed by atoms with E-state index in [9.17, 15) is 9.59 Å². The van der Waals surface area contributed by atoms with Crippen molar-refractivity contribution < 1.29 is 19.1 Å². The second-order valence-electron chi connectivity index (χ2n) is 7.78. The number of carbonyl (C=O) groups excluding carboxylic acids is 2. The minimum Gasteiger partial charge on any atom is -0.481 e. The Morgan fingerprint density at radius 1 is 1.09 bits per heavy atom. The van der Waals surface area contributed by atoms with Crippen LogP contribution in [0.1, 0.15) is 16.8 Å². The maximum absolute atomic E-state index is 13.0. The zero-order valence-electron chi connectivity index (χ0n) is 19.1. The van der Waals surface area contributed by atoms with Gasteiger partial charge in [-0.05, 0) is 48.4 Å². The molecule has 4 rings (SSSR count). The first kappa shape index (κ1) is 23.5. The van der Waals surface area contributed by atoms with Crippen LogP contribution in [-0.4, -0.2) is 36.0 Å². The van der Waals surface area contributed by atoms with Gasteiger partial charge in [0.25, 0.3) is 5.91 Å². The molecular formula is C26H24ClN3O4. The van der Waals surface area contributed by atoms with Gasteiger partial charge < -0.3 is 14.0 Å². The van der Waals surface area contributed by atoms with Gasteiger partial charge in [-0.2, -0.15) is 0 Å². The van der Waals surface area contributed by atoms with E-state index in [0.29, 0.717) is 41.7 Å². The average Bonchev–Trinajstić information content (AvgIpc) is 3.11. The Balaban J connectivity index is 1.97. The first-order valence-corrected chi connectivity index (χ1v) is 11.0. The summed E-state index contributed by atoms with van der Waals surface area (Å²) in [5, 5.41) is 1.49. The molecule has 0 aliphatic heterocycles. The number of methoxy groups -OCH3 is 2. The summed E-state index contributed by atoms with van der Waals surface area (Å²) in [6, 6.07) is 16.9. The van der Waals surface area contributed by atoms with Gasteiger partial charge in [0, 0.05) is 42.0 Å². The van der Waals surface area contributed by atoms with E-state index in [1.807, 2.05) is 49.4 Å². The molecule has 2 heterocycles. The molecule has 0 aliphatic carbocycles. The van der Waals surface area contributed by atoms with Gasteiger partial charge in [0.15, 0.2) is 0 Å². The normalized spacial score (nSPS) is 10.9. The predicted octanol–water partition coefficient (Wildman–Crippen LogP) is 5.07. The summed E-state index contributed by atoms with van der Waals surface area (Å²) in [5.74, 6) is -0.358. The van der Waals surface area contributed by atoms with Crippen molar-refractivity contribution in [2.75, 3.05) is 19.1 Å². The summed E-state index contributed by atoms with van der Waals surface area (Å²) in [5.41, 5.74) is 4.85. The summed E-state index contributed by atoms with van der Waals surface area (Å²) in [6.07, 6.45) is 1.85. The van der Waals surface area contributed by atoms with Gasteiger partial charge in [0.2, 0.25) is 12.2 Å². The Labute approximate surface area is 202 Å². The summed E-state index contributed by atoms with van der Waals surface area (Å²) < 4.78 is 12.7. The first-order chi connectivity index (χ1) is 16.5. The second kappa shape index (κ2) is 10.1. The fraction of sp³-hybridized carbons (Fsp3) is 0.192. The lowest BCUT2D eigenvalue weighted by molar-refractivity contribution is -0.129. The van der Waals surface area contributed by atoms with Crippen LogP contribution in [0.2, 0.25) is 5.02 Å². The molecule has 0 radical (unpaired) electrons. The molecule has 0 saturated carbocycles. The Morgan fingerprint density at radius 3 is 2.50 bits per heavy atom. The summed E-state index contributed by atoms with van der Waals surface area (Å²) in [6.45, 7) is 2.91. The highest BCUT2D eigenvalue weighted by molar-refractivity contribution is 6.34. The van der Waals surface area contributed by atoms with Crippen molar-refractivity contribution in [1.29, 1.82) is 0 Å². The number of hydrogen-bond acceptors (Lipinski definition) is 5. The minimum atomic E-state index is -0.695. The lowest BCUT2D eigenvalue weighted by atomic mass is 10.1. The maximum Gasteiger partial charge on any atom is 0.295 e. The average molecular weight is 478 g/mol. The molecule has 0 aliphatic rings. The van der Waals surface area contributed by atoms with Crippen LogP contribution in [0, 0.1) is 6.92 Å². The van der Waals surface area contributed by atoms with Gasteiger partial charge in [-0.25, -0.2) is 4.98 Å². The lowest BCUT2D eigenvalue weighted by Gasteiger charge is -2.22. The Bertz CT molecular complexity index is 1350. The Kier molecular flexibility index (Phi) is 6.95. The molecule has 4 aromatic rings. The van der Waals surface area contributed by atoms with Crippen LogP contribution >= 0.6 is 11.6 Å². The number of ether oxygens (including phenoxy) is 2. The molecular weight excluding hydrogens is 454 g/mol. The fourth-order valence-electron chi connectivity index (χ4n) is 4.10. The largest absolute Gasteiger partial charge is 0.481 e. The highest BCUT2D eigenvalue weighted by Gasteiger charge is 2.26. The van der Waals surface area contributed by atoms with Crippen LogP contribution in [-0.2, 0) is 27.5 Å². The van der Waals surface area contributed by atoms with E-state index in [1.54, 1.807) is 19.2 Å². The van der Waals surface area contributed by atoms with Crippen LogP contribution in [0.15, 0.2) is 60.8 Å². The number of fused-ring (bicyclic) bond motifs is 1. The summed E-state index contributed by atoms with van der Waals surface area (Å²) in [4.78, 5) is 30.2. The van der Waals surface area contributed by atoms with Gasteiger partial charge >= 0.3 is 0 Å². The molecule has 0 atom stereocenters. The third kappa shape index (κ3) is 4.53. The third-order valence-corrected chi connectivity index (χ3v) is 5.90. The summed E-state index contributed by atoms with van der Waals surface area (Å²) in [7, 11) is 3.13. The first-order valence-electron chi connectivity index (χ1n) is 10.6. The second-order valence-corrected chi connectivity index (χ2v) is 8.22. The SMILES string of the molecule is COCc1ccc2c(c1)c(N(C(=O)C=O)c1ccnc(OC)c1)c(C)n2Cc1ccc(Cl)cc1. The molecule has 0 bridgehead atoms. The third-order valence-electron chi connectivity index (χ3n) is 5.65. The standard InChI is InChI=1S/C26H24ClN3O4/c1-17-26(30(25(32)15-31)21-10-11-28-24(13-21)34-3)22-12-19(16-33-2)6-9-23(22)29(17)14-18-4-7-20(27)8-5-18/h4-13,15H,14,16H2,1-3H3. The monoisotopic (exact) mass is 477 g/mol. The molecule has 1 amide bonds. The number of pyridine rings is 1. The molecule has 0 N–H and O–H groups in total. The number of halogens is 1. The molecule has 0 unspecified atom stereocenters. The van der Waals surface area contributed by atoms with E-state index in [2.05, 4.69) is 9.55 Å². The van der Waals surface area contributed by atoms with Crippen LogP contribution in [0.25, 0.3) is 10.9 Å². The molecule has 34 heavy (non-hydrogen) atoms. The molecule has 0 fully saturated rings. The number of aldehydes is 1. The van der Waals surface area contributed by atoms with Gasteiger partial charge in [-0.15, -0.1) is 0 Å². The molecule has 7 nitrogen and oxygen atoms in total. The van der Waals surface area contributed by atoms with Gasteiger partial charge in [0.05, 0.1) is 30.6 Å². The van der Waals surface area contributed by atoms with Crippen molar-refractivity contribution in [1.82, 2.24) is 9.55 Å². The number of benzene rings is 2. The van der Waals surface area contributed by atoms with Crippen molar-refractivity contribution in [3.05, 3.63) is 82.6 Å². The van der Waals surface area contributed by atoms with E-state index in [-0.39, 0.29) is 0 Å². The Morgan fingerprint density at radius 2 is 1.82 bits per heavy atom. The summed E-state index contributed by atoms with van der Waals surface area (Å²) >= 11 is 6.07. The van der Waals surface area contributed by atoms with E-state index >= 15 is 0 Å². The number of rotatable bonds is 8. The van der Waals surface area contributed by atoms with E-state index in [0.717, 1.165) is 27.7 Å². The fourth-order valence-corrected chi connectivity index (χ4v) is 4.22. The zero-order chi connectivity index (χ0) is 24.2. The van der Waals surface area contributed by atoms with E-state index in [4.69, 9.17) is 21.1 Å². The lowest BCUT2D eigenvalue weighted by Crippen LogP contribution is -2.27. The van der Waals surface area contributed by atoms with Crippen LogP contribution in [0.5, 0.6) is 5.88 Å². The van der Waals surface area contributed by atoms with Gasteiger partial charge in [0.1, 0.15) is 0 Å². The quantitative estimate of drug-likeness (QED) is 0.262. The van der Waals surface area contributed by atoms with Crippen LogP contribution in [0.3, 0.4) is 0 Å². The van der Waals surface area contributed by atoms with Gasteiger partial charge in [-0.1, -0.05) is 29.8 Å². The van der Waals surface area contributed by atoms with E-state index < -0.39 is 5.91 Å². The maximum atomic E-state index is 13.0. The van der Waals surface area contributed by atoms with Crippen molar-refractivity contribution in [3.63, 3.8) is 0 Å². The molecule has 8 heteroatoms. The molecule has 174 valence electrons. The van der Waals surface area contributed by atoms with Crippen LogP contribution in [0.4, 0.5) is 11.4 Å². The number of aromatic nitrogens is 2. The van der Waals surface area contributed by atoms with Gasteiger partial charge in [-0.3, -0.25) is 14.5 Å². The van der Waals surface area contributed by atoms with Crippen molar-refractivity contribution in [2.24, 2.45) is 0 Å². The van der Waals surface area contributed by atoms with Crippen molar-refractivity contribution in [3.8, 4) is 5.88 Å². The number of anilines is 2. The van der Waals surface area contributed by atoms with Crippen molar-refractivity contribution >= 4 is 46.1 Å². The smallest absolute Gasteiger partial charge is 0.295 e. The molecule has 2 aromatic heterocycles. The Hall–Kier alpha value is -3.68. The predicted molar refractivity (Wildman–Crippen MR) is 132 cm³/mol. The number of hydrogen-bond donors (Lipinski definition) is 0. The van der Waals surface area contributed by atoms with Crippen LogP contribution < -0.4 is 9.64 Å². The van der Waals surface area contributed by atoms with Crippen molar-refractivity contribution in [2.45, 2.75) is 20.1 Å². The molecule has 2 aromatic carbocycles. The minimum absolute atomic E-state index is 0.313. The van der Waals surface area contributed by atoms with E-state index in [1.165, 1.54) is 18.2 Å². The number of carbonyl (C=O) groups is 2. The highest BCUT2D eigenvalue weighted by atomic mass is 35.5. The molecule has 0 spiro atoms. The highest BCUT2D eigenvalue weighted by Crippen LogP contribution is 2.39. The molecule has 0 saturated heterocycles.